The summed E-state index contributed by atoms with van der Waals surface area (Å²) in [7, 11) is 0. The molecule has 0 spiro atoms. The molecular formula is C18H17BrClNO3. The van der Waals surface area contributed by atoms with Crippen molar-refractivity contribution in [2.24, 2.45) is 0 Å². The first-order valence-corrected chi connectivity index (χ1v) is 8.52. The Balaban J connectivity index is 1.96. The van der Waals surface area contributed by atoms with Crippen molar-refractivity contribution in [2.75, 3.05) is 6.61 Å². The van der Waals surface area contributed by atoms with E-state index < -0.39 is 0 Å². The molecule has 1 amide bonds. The summed E-state index contributed by atoms with van der Waals surface area (Å²) in [6.45, 7) is 3.14. The molecule has 4 nitrogen and oxygen atoms in total. The number of hydrogen-bond donors (Lipinski definition) is 1. The summed E-state index contributed by atoms with van der Waals surface area (Å²) in [6, 6.07) is 12.3. The number of benzene rings is 2. The van der Waals surface area contributed by atoms with Gasteiger partial charge in [-0.1, -0.05) is 39.7 Å². The van der Waals surface area contributed by atoms with Gasteiger partial charge in [-0.05, 0) is 49.7 Å². The Kier molecular flexibility index (Phi) is 6.40. The van der Waals surface area contributed by atoms with Crippen LogP contribution in [-0.2, 0) is 4.79 Å². The first-order valence-electron chi connectivity index (χ1n) is 7.35. The van der Waals surface area contributed by atoms with Crippen molar-refractivity contribution in [3.63, 3.8) is 0 Å². The lowest BCUT2D eigenvalue weighted by molar-refractivity contribution is -0.123. The highest BCUT2D eigenvalue weighted by molar-refractivity contribution is 9.10. The average molecular weight is 411 g/mol. The fourth-order valence-corrected chi connectivity index (χ4v) is 2.60. The van der Waals surface area contributed by atoms with Crippen LogP contribution in [0.2, 0.25) is 5.02 Å². The SMILES string of the molecule is CC(=O)c1cc(Cl)ccc1OCC(=O)N[C@@H](C)c1ccc(Br)cc1. The van der Waals surface area contributed by atoms with E-state index in [2.05, 4.69) is 21.2 Å². The lowest BCUT2D eigenvalue weighted by Crippen LogP contribution is -2.31. The quantitative estimate of drug-likeness (QED) is 0.710. The maximum atomic E-state index is 12.1. The van der Waals surface area contributed by atoms with Gasteiger partial charge in [-0.2, -0.15) is 0 Å². The van der Waals surface area contributed by atoms with Crippen molar-refractivity contribution in [2.45, 2.75) is 19.9 Å². The highest BCUT2D eigenvalue weighted by Gasteiger charge is 2.13. The molecule has 0 aliphatic heterocycles. The molecular weight excluding hydrogens is 394 g/mol. The van der Waals surface area contributed by atoms with Crippen molar-refractivity contribution in [1.29, 1.82) is 0 Å². The Morgan fingerprint density at radius 3 is 2.50 bits per heavy atom. The van der Waals surface area contributed by atoms with Gasteiger partial charge in [0.05, 0.1) is 11.6 Å². The van der Waals surface area contributed by atoms with Crippen molar-refractivity contribution in [1.82, 2.24) is 5.32 Å². The van der Waals surface area contributed by atoms with Crippen LogP contribution in [0.15, 0.2) is 46.9 Å². The predicted molar refractivity (Wildman–Crippen MR) is 97.7 cm³/mol. The summed E-state index contributed by atoms with van der Waals surface area (Å²) >= 11 is 9.26. The van der Waals surface area contributed by atoms with Crippen LogP contribution in [-0.4, -0.2) is 18.3 Å². The van der Waals surface area contributed by atoms with Gasteiger partial charge in [-0.3, -0.25) is 9.59 Å². The molecule has 0 unspecified atom stereocenters. The van der Waals surface area contributed by atoms with E-state index in [9.17, 15) is 9.59 Å². The van der Waals surface area contributed by atoms with Gasteiger partial charge in [-0.15, -0.1) is 0 Å². The minimum absolute atomic E-state index is 0.147. The number of ketones is 1. The molecule has 0 aliphatic carbocycles. The van der Waals surface area contributed by atoms with E-state index in [0.29, 0.717) is 16.3 Å². The average Bonchev–Trinajstić information content (AvgIpc) is 2.54. The van der Waals surface area contributed by atoms with Gasteiger partial charge < -0.3 is 10.1 Å². The lowest BCUT2D eigenvalue weighted by Gasteiger charge is -2.15. The van der Waals surface area contributed by atoms with Crippen LogP contribution in [0.1, 0.15) is 35.8 Å². The Hall–Kier alpha value is -1.85. The second kappa shape index (κ2) is 8.31. The molecule has 2 aromatic carbocycles. The number of halogens is 2. The standard InChI is InChI=1S/C18H17BrClNO3/c1-11(13-3-5-14(19)6-4-13)21-18(23)10-24-17-8-7-15(20)9-16(17)12(2)22/h3-9,11H,10H2,1-2H3,(H,21,23)/t11-/m0/s1. The smallest absolute Gasteiger partial charge is 0.258 e. The van der Waals surface area contributed by atoms with Gasteiger partial charge in [0, 0.05) is 9.50 Å². The largest absolute Gasteiger partial charge is 0.483 e. The highest BCUT2D eigenvalue weighted by atomic mass is 79.9. The van der Waals surface area contributed by atoms with Gasteiger partial charge in [0.2, 0.25) is 0 Å². The molecule has 1 atom stereocenters. The van der Waals surface area contributed by atoms with Crippen LogP contribution in [0.5, 0.6) is 5.75 Å². The lowest BCUT2D eigenvalue weighted by atomic mass is 10.1. The molecule has 1 N–H and O–H groups in total. The van der Waals surface area contributed by atoms with Crippen LogP contribution in [0.3, 0.4) is 0 Å². The van der Waals surface area contributed by atoms with Gasteiger partial charge in [0.15, 0.2) is 12.4 Å². The van der Waals surface area contributed by atoms with E-state index in [0.717, 1.165) is 10.0 Å². The molecule has 126 valence electrons. The number of amides is 1. The molecule has 2 rings (SSSR count). The molecule has 0 radical (unpaired) electrons. The van der Waals surface area contributed by atoms with Crippen molar-refractivity contribution in [3.8, 4) is 5.75 Å². The Morgan fingerprint density at radius 1 is 1.21 bits per heavy atom. The molecule has 0 heterocycles. The van der Waals surface area contributed by atoms with Gasteiger partial charge in [-0.25, -0.2) is 0 Å². The zero-order valence-electron chi connectivity index (χ0n) is 13.3. The van der Waals surface area contributed by atoms with Gasteiger partial charge in [0.25, 0.3) is 5.91 Å². The summed E-state index contributed by atoms with van der Waals surface area (Å²) < 4.78 is 6.45. The summed E-state index contributed by atoms with van der Waals surface area (Å²) in [5.41, 5.74) is 1.35. The molecule has 0 fully saturated rings. The van der Waals surface area contributed by atoms with Crippen molar-refractivity contribution in [3.05, 3.63) is 63.1 Å². The third-order valence-electron chi connectivity index (χ3n) is 3.43. The molecule has 2 aromatic rings. The summed E-state index contributed by atoms with van der Waals surface area (Å²) in [6.07, 6.45) is 0. The van der Waals surface area contributed by atoms with Crippen LogP contribution in [0, 0.1) is 0 Å². The third kappa shape index (κ3) is 5.08. The number of rotatable bonds is 6. The number of carbonyl (C=O) groups is 2. The van der Waals surface area contributed by atoms with E-state index >= 15 is 0 Å². The minimum Gasteiger partial charge on any atom is -0.483 e. The third-order valence-corrected chi connectivity index (χ3v) is 4.19. The minimum atomic E-state index is -0.269. The monoisotopic (exact) mass is 409 g/mol. The maximum Gasteiger partial charge on any atom is 0.258 e. The van der Waals surface area contributed by atoms with E-state index in [-0.39, 0.29) is 24.3 Å². The first kappa shape index (κ1) is 18.5. The zero-order chi connectivity index (χ0) is 17.7. The Labute approximate surface area is 154 Å². The fourth-order valence-electron chi connectivity index (χ4n) is 2.16. The number of carbonyl (C=O) groups excluding carboxylic acids is 2. The molecule has 0 saturated heterocycles. The predicted octanol–water partition coefficient (Wildman–Crippen LogP) is 4.56. The maximum absolute atomic E-state index is 12.1. The number of hydrogen-bond acceptors (Lipinski definition) is 3. The Bertz CT molecular complexity index is 746. The number of ether oxygens (including phenoxy) is 1. The van der Waals surface area contributed by atoms with Crippen molar-refractivity contribution < 1.29 is 14.3 Å². The zero-order valence-corrected chi connectivity index (χ0v) is 15.6. The topological polar surface area (TPSA) is 55.4 Å². The van der Waals surface area contributed by atoms with E-state index in [1.807, 2.05) is 31.2 Å². The van der Waals surface area contributed by atoms with Gasteiger partial charge >= 0.3 is 0 Å². The van der Waals surface area contributed by atoms with E-state index in [1.165, 1.54) is 13.0 Å². The van der Waals surface area contributed by atoms with E-state index in [1.54, 1.807) is 12.1 Å². The normalized spacial score (nSPS) is 11.7. The molecule has 0 aromatic heterocycles. The molecule has 6 heteroatoms. The summed E-state index contributed by atoms with van der Waals surface area (Å²) in [5, 5.41) is 3.30. The Morgan fingerprint density at radius 2 is 1.88 bits per heavy atom. The number of nitrogens with one attached hydrogen (secondary N) is 1. The molecule has 0 saturated carbocycles. The van der Waals surface area contributed by atoms with Gasteiger partial charge in [0.1, 0.15) is 5.75 Å². The highest BCUT2D eigenvalue weighted by Crippen LogP contribution is 2.23. The summed E-state index contributed by atoms with van der Waals surface area (Å²) in [5.74, 6) is -0.0932. The second-order valence-corrected chi connectivity index (χ2v) is 6.68. The van der Waals surface area contributed by atoms with Crippen LogP contribution in [0.25, 0.3) is 0 Å². The van der Waals surface area contributed by atoms with Crippen LogP contribution < -0.4 is 10.1 Å². The van der Waals surface area contributed by atoms with Crippen molar-refractivity contribution >= 4 is 39.2 Å². The second-order valence-electron chi connectivity index (χ2n) is 5.33. The molecule has 0 bridgehead atoms. The first-order chi connectivity index (χ1) is 11.4. The fraction of sp³-hybridized carbons (Fsp3) is 0.222. The molecule has 24 heavy (non-hydrogen) atoms. The summed E-state index contributed by atoms with van der Waals surface area (Å²) in [4.78, 5) is 23.7. The van der Waals surface area contributed by atoms with Crippen LogP contribution in [0.4, 0.5) is 0 Å². The number of Topliss-reactive ketones (excluding diaryl/α,β-unsaturated/α-hetero) is 1. The van der Waals surface area contributed by atoms with Crippen LogP contribution >= 0.6 is 27.5 Å². The van der Waals surface area contributed by atoms with E-state index in [4.69, 9.17) is 16.3 Å². The molecule has 0 aliphatic rings.